The number of amides is 1. The molecule has 154 valence electrons. The van der Waals surface area contributed by atoms with Crippen LogP contribution >= 0.6 is 0 Å². The number of fused-ring (bicyclic) bond motifs is 1. The van der Waals surface area contributed by atoms with Crippen LogP contribution in [-0.4, -0.2) is 55.2 Å². The van der Waals surface area contributed by atoms with Crippen LogP contribution in [0.3, 0.4) is 0 Å². The number of carbonyl (C=O) groups is 1. The van der Waals surface area contributed by atoms with Gasteiger partial charge in [0.15, 0.2) is 17.5 Å². The predicted octanol–water partition coefficient (Wildman–Crippen LogP) is 1.57. The average Bonchev–Trinajstić information content (AvgIpc) is 3.22. The molecule has 2 N–H and O–H groups in total. The van der Waals surface area contributed by atoms with E-state index in [-0.39, 0.29) is 19.2 Å². The number of ether oxygens (including phenoxy) is 2. The fraction of sp³-hybridized carbons (Fsp3) is 0.381. The van der Waals surface area contributed by atoms with Crippen molar-refractivity contribution in [3.8, 4) is 11.5 Å². The zero-order chi connectivity index (χ0) is 20.5. The summed E-state index contributed by atoms with van der Waals surface area (Å²) in [5.74, 6) is 2.08. The van der Waals surface area contributed by atoms with Crippen molar-refractivity contribution >= 4 is 11.9 Å². The number of aromatic nitrogens is 1. The zero-order valence-electron chi connectivity index (χ0n) is 16.9. The van der Waals surface area contributed by atoms with Gasteiger partial charge in [0, 0.05) is 38.4 Å². The minimum absolute atomic E-state index is 0.00499. The molecule has 3 rings (SSSR count). The van der Waals surface area contributed by atoms with E-state index in [1.54, 1.807) is 18.1 Å². The van der Waals surface area contributed by atoms with E-state index in [9.17, 15) is 4.79 Å². The second-order valence-corrected chi connectivity index (χ2v) is 6.62. The Hall–Kier alpha value is -3.29. The average molecular weight is 397 g/mol. The molecule has 0 radical (unpaired) electrons. The molecule has 8 heteroatoms. The summed E-state index contributed by atoms with van der Waals surface area (Å²) < 4.78 is 10.7. The molecule has 1 aliphatic heterocycles. The highest BCUT2D eigenvalue weighted by atomic mass is 16.7. The summed E-state index contributed by atoms with van der Waals surface area (Å²) in [5, 5.41) is 6.26. The van der Waals surface area contributed by atoms with Crippen molar-refractivity contribution < 1.29 is 14.3 Å². The molecule has 1 aromatic heterocycles. The van der Waals surface area contributed by atoms with Gasteiger partial charge in [0.05, 0.1) is 13.1 Å². The van der Waals surface area contributed by atoms with Crippen LogP contribution in [0, 0.1) is 0 Å². The highest BCUT2D eigenvalue weighted by Gasteiger charge is 2.13. The molecular formula is C21H27N5O3. The number of benzene rings is 1. The summed E-state index contributed by atoms with van der Waals surface area (Å²) in [6, 6.07) is 11.6. The monoisotopic (exact) mass is 397 g/mol. The zero-order valence-corrected chi connectivity index (χ0v) is 16.9. The van der Waals surface area contributed by atoms with Gasteiger partial charge in [-0.05, 0) is 36.8 Å². The minimum atomic E-state index is -0.00499. The number of likely N-dealkylation sites (N-methyl/N-ethyl adjacent to an activating group) is 1. The fourth-order valence-corrected chi connectivity index (χ4v) is 2.80. The highest BCUT2D eigenvalue weighted by molar-refractivity contribution is 5.86. The molecule has 0 saturated heterocycles. The highest BCUT2D eigenvalue weighted by Crippen LogP contribution is 2.32. The lowest BCUT2D eigenvalue weighted by molar-refractivity contribution is -0.128. The van der Waals surface area contributed by atoms with Crippen LogP contribution in [0.4, 0.5) is 0 Å². The van der Waals surface area contributed by atoms with Gasteiger partial charge in [-0.25, -0.2) is 4.99 Å². The Morgan fingerprint density at radius 1 is 1.21 bits per heavy atom. The lowest BCUT2D eigenvalue weighted by Gasteiger charge is -2.18. The molecule has 8 nitrogen and oxygen atoms in total. The fourth-order valence-electron chi connectivity index (χ4n) is 2.80. The third-order valence-electron chi connectivity index (χ3n) is 4.46. The molecule has 1 amide bonds. The van der Waals surface area contributed by atoms with Crippen LogP contribution in [0.5, 0.6) is 11.5 Å². The molecule has 1 aliphatic rings. The van der Waals surface area contributed by atoms with E-state index >= 15 is 0 Å². The number of aliphatic imine (C=N–C) groups is 1. The van der Waals surface area contributed by atoms with Crippen molar-refractivity contribution in [1.29, 1.82) is 0 Å². The van der Waals surface area contributed by atoms with Gasteiger partial charge in [-0.1, -0.05) is 12.1 Å². The summed E-state index contributed by atoms with van der Waals surface area (Å²) in [4.78, 5) is 22.9. The smallest absolute Gasteiger partial charge is 0.241 e. The maximum atomic E-state index is 12.4. The SMILES string of the molecule is CCNC(=NCc1ccc2c(c1)OCO2)NCC(=O)N(C)CCc1ccccn1. The topological polar surface area (TPSA) is 88.1 Å². The minimum Gasteiger partial charge on any atom is -0.454 e. The molecule has 29 heavy (non-hydrogen) atoms. The maximum Gasteiger partial charge on any atom is 0.241 e. The lowest BCUT2D eigenvalue weighted by atomic mass is 10.2. The summed E-state index contributed by atoms with van der Waals surface area (Å²) in [5.41, 5.74) is 1.98. The van der Waals surface area contributed by atoms with Gasteiger partial charge in [0.2, 0.25) is 12.7 Å². The normalized spacial score (nSPS) is 12.6. The van der Waals surface area contributed by atoms with Gasteiger partial charge >= 0.3 is 0 Å². The van der Waals surface area contributed by atoms with Crippen molar-refractivity contribution in [1.82, 2.24) is 20.5 Å². The van der Waals surface area contributed by atoms with Crippen molar-refractivity contribution in [3.63, 3.8) is 0 Å². The van der Waals surface area contributed by atoms with E-state index in [0.717, 1.165) is 29.2 Å². The largest absolute Gasteiger partial charge is 0.454 e. The summed E-state index contributed by atoms with van der Waals surface area (Å²) in [7, 11) is 1.80. The summed E-state index contributed by atoms with van der Waals surface area (Å²) in [6.45, 7) is 4.20. The Labute approximate surface area is 170 Å². The predicted molar refractivity (Wildman–Crippen MR) is 111 cm³/mol. The van der Waals surface area contributed by atoms with E-state index in [0.29, 0.717) is 25.6 Å². The second kappa shape index (κ2) is 10.3. The maximum absolute atomic E-state index is 12.4. The summed E-state index contributed by atoms with van der Waals surface area (Å²) >= 11 is 0. The quantitative estimate of drug-likeness (QED) is 0.519. The first-order chi connectivity index (χ1) is 14.2. The molecule has 0 saturated carbocycles. The van der Waals surface area contributed by atoms with Crippen LogP contribution in [0.1, 0.15) is 18.2 Å². The molecule has 0 bridgehead atoms. The number of nitrogens with zero attached hydrogens (tertiary/aromatic N) is 3. The summed E-state index contributed by atoms with van der Waals surface area (Å²) in [6.07, 6.45) is 2.49. The van der Waals surface area contributed by atoms with E-state index < -0.39 is 0 Å². The Balaban J connectivity index is 1.48. The van der Waals surface area contributed by atoms with Gasteiger partial charge in [-0.2, -0.15) is 0 Å². The van der Waals surface area contributed by atoms with Crippen LogP contribution in [0.25, 0.3) is 0 Å². The third-order valence-corrected chi connectivity index (χ3v) is 4.46. The van der Waals surface area contributed by atoms with Gasteiger partial charge < -0.3 is 25.0 Å². The number of guanidine groups is 1. The molecule has 0 atom stereocenters. The molecule has 0 unspecified atom stereocenters. The van der Waals surface area contributed by atoms with Gasteiger partial charge in [-0.3, -0.25) is 9.78 Å². The van der Waals surface area contributed by atoms with Crippen molar-refractivity contribution in [2.45, 2.75) is 19.9 Å². The number of hydrogen-bond donors (Lipinski definition) is 2. The molecule has 0 spiro atoms. The number of hydrogen-bond acceptors (Lipinski definition) is 5. The second-order valence-electron chi connectivity index (χ2n) is 6.62. The Morgan fingerprint density at radius 3 is 2.86 bits per heavy atom. The van der Waals surface area contributed by atoms with Crippen molar-refractivity contribution in [2.24, 2.45) is 4.99 Å². The molecule has 0 aliphatic carbocycles. The van der Waals surface area contributed by atoms with Crippen molar-refractivity contribution in [3.05, 3.63) is 53.9 Å². The molecular weight excluding hydrogens is 370 g/mol. The van der Waals surface area contributed by atoms with Crippen molar-refractivity contribution in [2.75, 3.05) is 33.5 Å². The van der Waals surface area contributed by atoms with Crippen LogP contribution in [-0.2, 0) is 17.8 Å². The van der Waals surface area contributed by atoms with Gasteiger partial charge in [0.1, 0.15) is 0 Å². The van der Waals surface area contributed by atoms with E-state index in [2.05, 4.69) is 20.6 Å². The van der Waals surface area contributed by atoms with E-state index in [4.69, 9.17) is 9.47 Å². The molecule has 2 heterocycles. The van der Waals surface area contributed by atoms with Crippen LogP contribution in [0.2, 0.25) is 0 Å². The Bertz CT molecular complexity index is 841. The molecule has 2 aromatic rings. The van der Waals surface area contributed by atoms with Crippen LogP contribution in [0.15, 0.2) is 47.6 Å². The first-order valence-corrected chi connectivity index (χ1v) is 9.70. The van der Waals surface area contributed by atoms with Crippen LogP contribution < -0.4 is 20.1 Å². The van der Waals surface area contributed by atoms with Gasteiger partial charge in [-0.15, -0.1) is 0 Å². The van der Waals surface area contributed by atoms with E-state index in [1.165, 1.54) is 0 Å². The standard InChI is InChI=1S/C21H27N5O3/c1-3-22-21(24-13-16-7-8-18-19(12-16)29-15-28-18)25-14-20(27)26(2)11-9-17-6-4-5-10-23-17/h4-8,10,12H,3,9,11,13-15H2,1-2H3,(H2,22,24,25). The lowest BCUT2D eigenvalue weighted by Crippen LogP contribution is -2.44. The number of rotatable bonds is 8. The molecule has 1 aromatic carbocycles. The third kappa shape index (κ3) is 6.10. The number of nitrogens with one attached hydrogen (secondary N) is 2. The first kappa shape index (κ1) is 20.4. The molecule has 0 fully saturated rings. The van der Waals surface area contributed by atoms with Gasteiger partial charge in [0.25, 0.3) is 0 Å². The van der Waals surface area contributed by atoms with E-state index in [1.807, 2.05) is 43.3 Å². The first-order valence-electron chi connectivity index (χ1n) is 9.70. The Morgan fingerprint density at radius 2 is 2.07 bits per heavy atom. The number of carbonyl (C=O) groups excluding carboxylic acids is 1. The Kier molecular flexibility index (Phi) is 7.27. The number of pyridine rings is 1.